The number of rotatable bonds is 4. The Morgan fingerprint density at radius 3 is 2.88 bits per heavy atom. The molecule has 120 valence electrons. The molecule has 0 atom stereocenters. The maximum atomic E-state index is 12.0. The first-order valence-electron chi connectivity index (χ1n) is 7.25. The smallest absolute Gasteiger partial charge is 0.248 e. The summed E-state index contributed by atoms with van der Waals surface area (Å²) < 4.78 is 5.93. The number of hydrogen-bond acceptors (Lipinski definition) is 4. The van der Waals surface area contributed by atoms with Crippen LogP contribution in [0, 0.1) is 6.92 Å². The van der Waals surface area contributed by atoms with Crippen LogP contribution in [0.15, 0.2) is 63.8 Å². The number of benzene rings is 1. The Hall–Kier alpha value is -2.73. The Bertz CT molecular complexity index is 903. The van der Waals surface area contributed by atoms with Gasteiger partial charge in [-0.15, -0.1) is 0 Å². The molecule has 1 N–H and O–H groups in total. The quantitative estimate of drug-likeness (QED) is 0.675. The third kappa shape index (κ3) is 4.17. The summed E-state index contributed by atoms with van der Waals surface area (Å²) in [6, 6.07) is 12.9. The summed E-state index contributed by atoms with van der Waals surface area (Å²) >= 11 is 3.22. The van der Waals surface area contributed by atoms with E-state index in [2.05, 4.69) is 31.2 Å². The van der Waals surface area contributed by atoms with Crippen LogP contribution in [0.5, 0.6) is 0 Å². The minimum Gasteiger partial charge on any atom is -0.450 e. The fourth-order valence-corrected chi connectivity index (χ4v) is 2.45. The van der Waals surface area contributed by atoms with Crippen molar-refractivity contribution in [2.24, 2.45) is 0 Å². The maximum absolute atomic E-state index is 12.0. The highest BCUT2D eigenvalue weighted by Gasteiger charge is 2.04. The zero-order valence-corrected chi connectivity index (χ0v) is 14.4. The lowest BCUT2D eigenvalue weighted by atomic mass is 10.1. The van der Waals surface area contributed by atoms with Gasteiger partial charge in [-0.2, -0.15) is 0 Å². The van der Waals surface area contributed by atoms with Crippen LogP contribution in [-0.4, -0.2) is 15.9 Å². The van der Waals surface area contributed by atoms with Gasteiger partial charge in [0.15, 0.2) is 4.67 Å². The van der Waals surface area contributed by atoms with Crippen LogP contribution in [0.25, 0.3) is 17.3 Å². The van der Waals surface area contributed by atoms with E-state index >= 15 is 0 Å². The average Bonchev–Trinajstić information content (AvgIpc) is 2.99. The molecule has 1 amide bonds. The van der Waals surface area contributed by atoms with Gasteiger partial charge in [-0.3, -0.25) is 4.79 Å². The van der Waals surface area contributed by atoms with Crippen LogP contribution in [0.1, 0.15) is 11.6 Å². The molecule has 3 aromatic rings. The van der Waals surface area contributed by atoms with Gasteiger partial charge in [0.25, 0.3) is 0 Å². The van der Waals surface area contributed by atoms with Gasteiger partial charge in [0.2, 0.25) is 5.91 Å². The molecule has 0 fully saturated rings. The summed E-state index contributed by atoms with van der Waals surface area (Å²) in [6.07, 6.45) is 4.75. The lowest BCUT2D eigenvalue weighted by molar-refractivity contribution is -0.111. The monoisotopic (exact) mass is 383 g/mol. The van der Waals surface area contributed by atoms with E-state index < -0.39 is 0 Å². The zero-order chi connectivity index (χ0) is 16.9. The molecule has 6 heteroatoms. The summed E-state index contributed by atoms with van der Waals surface area (Å²) in [5.41, 5.74) is 2.42. The van der Waals surface area contributed by atoms with Crippen molar-refractivity contribution in [3.05, 3.63) is 71.0 Å². The molecular formula is C18H14BrN3O2. The van der Waals surface area contributed by atoms with Crippen molar-refractivity contribution in [3.63, 3.8) is 0 Å². The number of hydrogen-bond donors (Lipinski definition) is 1. The third-order valence-electron chi connectivity index (χ3n) is 3.19. The molecule has 0 saturated carbocycles. The van der Waals surface area contributed by atoms with Crippen LogP contribution in [0.3, 0.4) is 0 Å². The van der Waals surface area contributed by atoms with Crippen molar-refractivity contribution in [2.75, 3.05) is 5.32 Å². The van der Waals surface area contributed by atoms with E-state index in [1.807, 2.05) is 37.3 Å². The molecule has 0 unspecified atom stereocenters. The third-order valence-corrected chi connectivity index (χ3v) is 3.62. The predicted octanol–water partition coefficient (Wildman–Crippen LogP) is 4.46. The highest BCUT2D eigenvalue weighted by Crippen LogP contribution is 2.21. The molecule has 0 bridgehead atoms. The van der Waals surface area contributed by atoms with Gasteiger partial charge < -0.3 is 9.73 Å². The fourth-order valence-electron chi connectivity index (χ4n) is 2.13. The number of carbonyl (C=O) groups is 1. The number of carbonyl (C=O) groups excluding carboxylic acids is 1. The molecule has 0 aliphatic carbocycles. The molecule has 5 nitrogen and oxygen atoms in total. The van der Waals surface area contributed by atoms with Crippen molar-refractivity contribution in [1.29, 1.82) is 0 Å². The lowest BCUT2D eigenvalue weighted by Crippen LogP contribution is -2.07. The van der Waals surface area contributed by atoms with Gasteiger partial charge in [-0.1, -0.05) is 12.1 Å². The molecular weight excluding hydrogens is 370 g/mol. The van der Waals surface area contributed by atoms with Gasteiger partial charge in [0, 0.05) is 23.5 Å². The van der Waals surface area contributed by atoms with Crippen molar-refractivity contribution in [1.82, 2.24) is 9.97 Å². The second-order valence-electron chi connectivity index (χ2n) is 5.03. The molecule has 24 heavy (non-hydrogen) atoms. The Kier molecular flexibility index (Phi) is 4.86. The van der Waals surface area contributed by atoms with E-state index in [1.54, 1.807) is 24.4 Å². The SMILES string of the molecule is Cc1nccc(-c2cccc(NC(=O)/C=C/c3ccc(Br)o3)c2)n1. The van der Waals surface area contributed by atoms with E-state index in [9.17, 15) is 4.79 Å². The molecule has 1 aromatic carbocycles. The topological polar surface area (TPSA) is 68.0 Å². The molecule has 0 radical (unpaired) electrons. The minimum absolute atomic E-state index is 0.237. The highest BCUT2D eigenvalue weighted by molar-refractivity contribution is 9.10. The molecule has 2 heterocycles. The van der Waals surface area contributed by atoms with E-state index in [-0.39, 0.29) is 5.91 Å². The second kappa shape index (κ2) is 7.23. The van der Waals surface area contributed by atoms with Crippen LogP contribution in [0.2, 0.25) is 0 Å². The second-order valence-corrected chi connectivity index (χ2v) is 5.82. The summed E-state index contributed by atoms with van der Waals surface area (Å²) in [5, 5.41) is 2.82. The maximum Gasteiger partial charge on any atom is 0.248 e. The Morgan fingerprint density at radius 1 is 1.25 bits per heavy atom. The van der Waals surface area contributed by atoms with E-state index in [0.29, 0.717) is 21.9 Å². The molecule has 0 spiro atoms. The fraction of sp³-hybridized carbons (Fsp3) is 0.0556. The number of nitrogens with one attached hydrogen (secondary N) is 1. The highest BCUT2D eigenvalue weighted by atomic mass is 79.9. The summed E-state index contributed by atoms with van der Waals surface area (Å²) in [4.78, 5) is 20.5. The van der Waals surface area contributed by atoms with Gasteiger partial charge in [-0.05, 0) is 59.3 Å². The van der Waals surface area contributed by atoms with E-state index in [0.717, 1.165) is 11.3 Å². The van der Waals surface area contributed by atoms with E-state index in [4.69, 9.17) is 4.42 Å². The van der Waals surface area contributed by atoms with Crippen molar-refractivity contribution in [3.8, 4) is 11.3 Å². The van der Waals surface area contributed by atoms with Crippen molar-refractivity contribution in [2.45, 2.75) is 6.92 Å². The number of amides is 1. The van der Waals surface area contributed by atoms with Crippen molar-refractivity contribution < 1.29 is 9.21 Å². The first kappa shape index (κ1) is 16.1. The number of furan rings is 1. The van der Waals surface area contributed by atoms with Crippen molar-refractivity contribution >= 4 is 33.6 Å². The normalized spacial score (nSPS) is 10.9. The molecule has 0 aliphatic heterocycles. The lowest BCUT2D eigenvalue weighted by Gasteiger charge is -2.06. The first-order chi connectivity index (χ1) is 11.6. The number of nitrogens with zero attached hydrogens (tertiary/aromatic N) is 2. The standard InChI is InChI=1S/C18H14BrN3O2/c1-12-20-10-9-16(21-12)13-3-2-4-14(11-13)22-18(23)8-6-15-5-7-17(19)24-15/h2-11H,1H3,(H,22,23)/b8-6+. The molecule has 3 rings (SSSR count). The van der Waals surface area contributed by atoms with Gasteiger partial charge in [-0.25, -0.2) is 9.97 Å². The van der Waals surface area contributed by atoms with Gasteiger partial charge in [0.1, 0.15) is 11.6 Å². The average molecular weight is 384 g/mol. The Balaban J connectivity index is 1.72. The first-order valence-corrected chi connectivity index (χ1v) is 8.04. The zero-order valence-electron chi connectivity index (χ0n) is 12.9. The molecule has 0 aliphatic rings. The predicted molar refractivity (Wildman–Crippen MR) is 96.3 cm³/mol. The number of aryl methyl sites for hydroxylation is 1. The van der Waals surface area contributed by atoms with Crippen LogP contribution in [-0.2, 0) is 4.79 Å². The van der Waals surface area contributed by atoms with Crippen LogP contribution in [0.4, 0.5) is 5.69 Å². The van der Waals surface area contributed by atoms with Gasteiger partial charge in [0.05, 0.1) is 5.69 Å². The molecule has 0 saturated heterocycles. The minimum atomic E-state index is -0.237. The summed E-state index contributed by atoms with van der Waals surface area (Å²) in [6.45, 7) is 1.84. The largest absolute Gasteiger partial charge is 0.450 e. The van der Waals surface area contributed by atoms with Crippen LogP contribution < -0.4 is 5.32 Å². The summed E-state index contributed by atoms with van der Waals surface area (Å²) in [7, 11) is 0. The Morgan fingerprint density at radius 2 is 2.12 bits per heavy atom. The van der Waals surface area contributed by atoms with Crippen LogP contribution >= 0.6 is 15.9 Å². The summed E-state index contributed by atoms with van der Waals surface area (Å²) in [5.74, 6) is 1.07. The molecule has 2 aromatic heterocycles. The van der Waals surface area contributed by atoms with E-state index in [1.165, 1.54) is 6.08 Å². The number of anilines is 1. The Labute approximate surface area is 147 Å². The van der Waals surface area contributed by atoms with Gasteiger partial charge >= 0.3 is 0 Å². The number of aromatic nitrogens is 2. The number of halogens is 1.